The molecule has 2 aromatic rings. The number of nitrogens with zero attached hydrogens (tertiary/aromatic N) is 4. The number of fused-ring (bicyclic) bond motifs is 1. The lowest BCUT2D eigenvalue weighted by Gasteiger charge is -2.27. The van der Waals surface area contributed by atoms with Crippen LogP contribution in [0.15, 0.2) is 54.4 Å². The average molecular weight is 374 g/mol. The third kappa shape index (κ3) is 3.39. The molecule has 4 rings (SSSR count). The zero-order chi connectivity index (χ0) is 19.8. The van der Waals surface area contributed by atoms with Gasteiger partial charge in [-0.15, -0.1) is 0 Å². The standard InChI is InChI=1S/C22H26N6/c1-14-5-6-17(11-15(14)2)20-21(18-7-9-24-22(23)25-18)28-10-8-16(13-27(3)4)12-19(28)26-20/h5-12,19,26H,13H2,1-4H3,(H2,23,24,25). The average Bonchev–Trinajstić information content (AvgIpc) is 3.02. The Hall–Kier alpha value is -3.12. The van der Waals surface area contributed by atoms with Crippen LogP contribution in [-0.2, 0) is 0 Å². The van der Waals surface area contributed by atoms with E-state index in [0.29, 0.717) is 0 Å². The number of hydrogen-bond acceptors (Lipinski definition) is 6. The van der Waals surface area contributed by atoms with Crippen molar-refractivity contribution >= 4 is 17.3 Å². The first-order chi connectivity index (χ1) is 13.4. The number of rotatable bonds is 4. The molecule has 0 radical (unpaired) electrons. The van der Waals surface area contributed by atoms with E-state index in [-0.39, 0.29) is 12.1 Å². The summed E-state index contributed by atoms with van der Waals surface area (Å²) < 4.78 is 0. The Morgan fingerprint density at radius 2 is 2.00 bits per heavy atom. The molecule has 0 bridgehead atoms. The fourth-order valence-electron chi connectivity index (χ4n) is 3.63. The van der Waals surface area contributed by atoms with E-state index in [2.05, 4.69) is 89.6 Å². The number of aromatic nitrogens is 2. The topological polar surface area (TPSA) is 70.3 Å². The van der Waals surface area contributed by atoms with Crippen LogP contribution in [-0.4, -0.2) is 46.6 Å². The third-order valence-corrected chi connectivity index (χ3v) is 5.12. The van der Waals surface area contributed by atoms with E-state index in [9.17, 15) is 0 Å². The Morgan fingerprint density at radius 1 is 1.18 bits per heavy atom. The van der Waals surface area contributed by atoms with Crippen molar-refractivity contribution < 1.29 is 0 Å². The molecule has 144 valence electrons. The summed E-state index contributed by atoms with van der Waals surface area (Å²) in [5, 5.41) is 3.69. The molecule has 0 fully saturated rings. The van der Waals surface area contributed by atoms with Crippen LogP contribution in [0.25, 0.3) is 11.4 Å². The molecule has 0 aliphatic carbocycles. The van der Waals surface area contributed by atoms with Gasteiger partial charge in [-0.25, -0.2) is 9.97 Å². The van der Waals surface area contributed by atoms with Crippen LogP contribution in [0.5, 0.6) is 0 Å². The van der Waals surface area contributed by atoms with Gasteiger partial charge in [0.15, 0.2) is 0 Å². The lowest BCUT2D eigenvalue weighted by molar-refractivity contribution is 0.418. The number of hydrogen-bond donors (Lipinski definition) is 2. The van der Waals surface area contributed by atoms with Gasteiger partial charge in [-0.05, 0) is 68.9 Å². The largest absolute Gasteiger partial charge is 0.368 e. The quantitative estimate of drug-likeness (QED) is 0.858. The molecule has 0 amide bonds. The Bertz CT molecular complexity index is 1000. The summed E-state index contributed by atoms with van der Waals surface area (Å²) in [5.41, 5.74) is 13.7. The zero-order valence-electron chi connectivity index (χ0n) is 16.8. The van der Waals surface area contributed by atoms with Crippen molar-refractivity contribution in [1.82, 2.24) is 25.1 Å². The molecule has 0 spiro atoms. The Balaban J connectivity index is 1.81. The van der Waals surface area contributed by atoms with E-state index in [4.69, 9.17) is 5.73 Å². The summed E-state index contributed by atoms with van der Waals surface area (Å²) in [6.07, 6.45) is 8.29. The fraction of sp³-hybridized carbons (Fsp3) is 0.273. The van der Waals surface area contributed by atoms with Gasteiger partial charge in [0, 0.05) is 24.5 Å². The van der Waals surface area contributed by atoms with Crippen LogP contribution >= 0.6 is 0 Å². The molecular formula is C22H26N6. The third-order valence-electron chi connectivity index (χ3n) is 5.12. The Morgan fingerprint density at radius 3 is 2.71 bits per heavy atom. The van der Waals surface area contributed by atoms with Gasteiger partial charge in [0.2, 0.25) is 5.95 Å². The van der Waals surface area contributed by atoms with Crippen LogP contribution < -0.4 is 11.1 Å². The summed E-state index contributed by atoms with van der Waals surface area (Å²) in [4.78, 5) is 12.9. The number of nitrogens with one attached hydrogen (secondary N) is 1. The molecule has 3 heterocycles. The van der Waals surface area contributed by atoms with Crippen molar-refractivity contribution in [2.75, 3.05) is 26.4 Å². The van der Waals surface area contributed by atoms with Gasteiger partial charge in [-0.3, -0.25) is 0 Å². The molecule has 1 unspecified atom stereocenters. The summed E-state index contributed by atoms with van der Waals surface area (Å²) in [5.74, 6) is 0.276. The highest BCUT2D eigenvalue weighted by Crippen LogP contribution is 2.37. The van der Waals surface area contributed by atoms with Crippen molar-refractivity contribution in [3.05, 3.63) is 76.8 Å². The molecule has 0 saturated heterocycles. The molecule has 1 aromatic carbocycles. The minimum absolute atomic E-state index is 0.0442. The first-order valence-electron chi connectivity index (χ1n) is 9.41. The monoisotopic (exact) mass is 374 g/mol. The molecule has 1 atom stereocenters. The van der Waals surface area contributed by atoms with Gasteiger partial charge in [0.25, 0.3) is 0 Å². The summed E-state index contributed by atoms with van der Waals surface area (Å²) in [6, 6.07) is 8.44. The van der Waals surface area contributed by atoms with Gasteiger partial charge >= 0.3 is 0 Å². The summed E-state index contributed by atoms with van der Waals surface area (Å²) >= 11 is 0. The lowest BCUT2D eigenvalue weighted by atomic mass is 10.0. The molecule has 6 nitrogen and oxygen atoms in total. The van der Waals surface area contributed by atoms with Crippen molar-refractivity contribution in [3.63, 3.8) is 0 Å². The maximum absolute atomic E-state index is 5.88. The van der Waals surface area contributed by atoms with E-state index in [1.807, 2.05) is 6.07 Å². The number of nitrogens with two attached hydrogens (primary N) is 1. The normalized spacial score (nSPS) is 18.4. The first-order valence-corrected chi connectivity index (χ1v) is 9.41. The number of nitrogen functional groups attached to an aromatic ring is 1. The number of likely N-dealkylation sites (N-methyl/N-ethyl adjacent to an activating group) is 1. The van der Waals surface area contributed by atoms with Gasteiger partial charge in [0.1, 0.15) is 6.17 Å². The highest BCUT2D eigenvalue weighted by Gasteiger charge is 2.33. The second-order valence-corrected chi connectivity index (χ2v) is 7.61. The minimum atomic E-state index is 0.0442. The SMILES string of the molecule is Cc1ccc(C2=C(c3ccnc(N)n3)N3C=CC(CN(C)C)=CC3N2)cc1C. The van der Waals surface area contributed by atoms with Crippen LogP contribution in [0.1, 0.15) is 22.4 Å². The van der Waals surface area contributed by atoms with E-state index in [0.717, 1.165) is 29.2 Å². The second-order valence-electron chi connectivity index (χ2n) is 7.61. The fourth-order valence-corrected chi connectivity index (χ4v) is 3.63. The molecule has 3 N–H and O–H groups in total. The van der Waals surface area contributed by atoms with Crippen LogP contribution in [0.4, 0.5) is 5.95 Å². The zero-order valence-corrected chi connectivity index (χ0v) is 16.8. The molecule has 2 aliphatic rings. The van der Waals surface area contributed by atoms with Gasteiger partial charge < -0.3 is 20.9 Å². The highest BCUT2D eigenvalue weighted by atomic mass is 15.3. The van der Waals surface area contributed by atoms with Crippen molar-refractivity contribution in [2.24, 2.45) is 0 Å². The predicted octanol–water partition coefficient (Wildman–Crippen LogP) is 2.75. The van der Waals surface area contributed by atoms with Crippen LogP contribution in [0.3, 0.4) is 0 Å². The van der Waals surface area contributed by atoms with Crippen molar-refractivity contribution in [2.45, 2.75) is 20.0 Å². The maximum Gasteiger partial charge on any atom is 0.220 e. The van der Waals surface area contributed by atoms with Crippen LogP contribution in [0, 0.1) is 13.8 Å². The minimum Gasteiger partial charge on any atom is -0.368 e. The molecule has 1 aromatic heterocycles. The second kappa shape index (κ2) is 7.13. The highest BCUT2D eigenvalue weighted by molar-refractivity contribution is 5.91. The van der Waals surface area contributed by atoms with E-state index < -0.39 is 0 Å². The van der Waals surface area contributed by atoms with Gasteiger partial charge in [0.05, 0.1) is 17.1 Å². The van der Waals surface area contributed by atoms with E-state index >= 15 is 0 Å². The maximum atomic E-state index is 5.88. The van der Waals surface area contributed by atoms with Gasteiger partial charge in [-0.2, -0.15) is 0 Å². The lowest BCUT2D eigenvalue weighted by Crippen LogP contribution is -2.34. The molecule has 2 aliphatic heterocycles. The molecule has 0 saturated carbocycles. The van der Waals surface area contributed by atoms with E-state index in [1.54, 1.807) is 6.20 Å². The van der Waals surface area contributed by atoms with Crippen molar-refractivity contribution in [1.29, 1.82) is 0 Å². The van der Waals surface area contributed by atoms with Crippen LogP contribution in [0.2, 0.25) is 0 Å². The molecule has 6 heteroatoms. The van der Waals surface area contributed by atoms with E-state index in [1.165, 1.54) is 16.7 Å². The smallest absolute Gasteiger partial charge is 0.220 e. The molecular weight excluding hydrogens is 348 g/mol. The number of aryl methyl sites for hydroxylation is 2. The number of anilines is 1. The predicted molar refractivity (Wildman–Crippen MR) is 114 cm³/mol. The number of benzene rings is 1. The summed E-state index contributed by atoms with van der Waals surface area (Å²) in [7, 11) is 4.16. The summed E-state index contributed by atoms with van der Waals surface area (Å²) in [6.45, 7) is 5.17. The molecule has 28 heavy (non-hydrogen) atoms. The van der Waals surface area contributed by atoms with Crippen molar-refractivity contribution in [3.8, 4) is 0 Å². The Kier molecular flexibility index (Phi) is 4.65. The Labute approximate surface area is 166 Å². The van der Waals surface area contributed by atoms with Gasteiger partial charge in [-0.1, -0.05) is 12.1 Å². The first kappa shape index (κ1) is 18.3.